The van der Waals surface area contributed by atoms with Gasteiger partial charge in [0.05, 0.1) is 5.54 Å². The molecule has 0 aliphatic heterocycles. The van der Waals surface area contributed by atoms with Crippen molar-refractivity contribution in [3.05, 3.63) is 35.4 Å². The molecule has 0 aliphatic rings. The number of rotatable bonds is 5. The van der Waals surface area contributed by atoms with Crippen molar-refractivity contribution in [2.24, 2.45) is 5.73 Å². The molecule has 1 unspecified atom stereocenters. The monoisotopic (exact) mass is 292 g/mol. The second-order valence-corrected chi connectivity index (χ2v) is 6.88. The number of carbonyl (C=O) groups is 1. The van der Waals surface area contributed by atoms with Crippen molar-refractivity contribution in [3.63, 3.8) is 0 Å². The van der Waals surface area contributed by atoms with Gasteiger partial charge in [-0.3, -0.25) is 0 Å². The third-order valence-corrected chi connectivity index (χ3v) is 3.30. The van der Waals surface area contributed by atoms with E-state index in [1.54, 1.807) is 0 Å². The van der Waals surface area contributed by atoms with Gasteiger partial charge in [0, 0.05) is 6.54 Å². The van der Waals surface area contributed by atoms with Gasteiger partial charge in [-0.05, 0) is 53.0 Å². The summed E-state index contributed by atoms with van der Waals surface area (Å²) >= 11 is 0. The molecule has 0 aliphatic carbocycles. The summed E-state index contributed by atoms with van der Waals surface area (Å²) in [6, 6.07) is 8.37. The predicted molar refractivity (Wildman–Crippen MR) is 86.3 cm³/mol. The number of nitrogens with one attached hydrogen (secondary N) is 1. The lowest BCUT2D eigenvalue weighted by Crippen LogP contribution is -2.52. The molecule has 1 atom stereocenters. The van der Waals surface area contributed by atoms with E-state index in [4.69, 9.17) is 10.5 Å². The number of nitrogens with two attached hydrogens (primary N) is 1. The average molecular weight is 292 g/mol. The van der Waals surface area contributed by atoms with Gasteiger partial charge in [-0.2, -0.15) is 0 Å². The highest BCUT2D eigenvalue weighted by Gasteiger charge is 2.27. The lowest BCUT2D eigenvalue weighted by molar-refractivity contribution is 0.0462. The van der Waals surface area contributed by atoms with Gasteiger partial charge in [-0.1, -0.05) is 29.8 Å². The van der Waals surface area contributed by atoms with E-state index in [-0.39, 0.29) is 0 Å². The average Bonchev–Trinajstić information content (AvgIpc) is 2.34. The smallest absolute Gasteiger partial charge is 0.408 e. The highest BCUT2D eigenvalue weighted by Crippen LogP contribution is 2.16. The van der Waals surface area contributed by atoms with Crippen LogP contribution in [0.3, 0.4) is 0 Å². The first-order valence-corrected chi connectivity index (χ1v) is 7.40. The summed E-state index contributed by atoms with van der Waals surface area (Å²) in [6.07, 6.45) is 1.22. The first-order valence-electron chi connectivity index (χ1n) is 7.40. The van der Waals surface area contributed by atoms with Crippen LogP contribution >= 0.6 is 0 Å². The van der Waals surface area contributed by atoms with E-state index >= 15 is 0 Å². The van der Waals surface area contributed by atoms with Crippen LogP contribution in [0.2, 0.25) is 0 Å². The van der Waals surface area contributed by atoms with E-state index < -0.39 is 17.2 Å². The molecule has 0 radical (unpaired) electrons. The van der Waals surface area contributed by atoms with Crippen LogP contribution in [0.1, 0.15) is 45.2 Å². The molecule has 118 valence electrons. The second-order valence-electron chi connectivity index (χ2n) is 6.88. The van der Waals surface area contributed by atoms with E-state index in [2.05, 4.69) is 30.4 Å². The summed E-state index contributed by atoms with van der Waals surface area (Å²) in [5.74, 6) is 0. The standard InChI is InChI=1S/C17H28N2O2/c1-13-7-6-8-14(11-13)9-10-17(5,12-18)19-15(20)21-16(2,3)4/h6-8,11H,9-10,12,18H2,1-5H3,(H,19,20). The number of benzene rings is 1. The molecule has 0 fully saturated rings. The lowest BCUT2D eigenvalue weighted by Gasteiger charge is -2.31. The van der Waals surface area contributed by atoms with Crippen LogP contribution in [0.25, 0.3) is 0 Å². The van der Waals surface area contributed by atoms with Crippen molar-refractivity contribution >= 4 is 6.09 Å². The van der Waals surface area contributed by atoms with Crippen molar-refractivity contribution in [2.75, 3.05) is 6.54 Å². The Morgan fingerprint density at radius 2 is 1.95 bits per heavy atom. The Labute approximate surface area is 128 Å². The molecule has 3 N–H and O–H groups in total. The zero-order valence-corrected chi connectivity index (χ0v) is 13.8. The Morgan fingerprint density at radius 1 is 1.29 bits per heavy atom. The second kappa shape index (κ2) is 6.94. The predicted octanol–water partition coefficient (Wildman–Crippen LogP) is 3.17. The molecule has 1 rings (SSSR count). The molecular formula is C17H28N2O2. The molecule has 4 nitrogen and oxygen atoms in total. The molecule has 4 heteroatoms. The number of amides is 1. The van der Waals surface area contributed by atoms with Gasteiger partial charge in [0.15, 0.2) is 0 Å². The minimum atomic E-state index is -0.504. The van der Waals surface area contributed by atoms with Crippen LogP contribution in [0.15, 0.2) is 24.3 Å². The van der Waals surface area contributed by atoms with E-state index in [1.165, 1.54) is 11.1 Å². The maximum Gasteiger partial charge on any atom is 0.408 e. The zero-order valence-electron chi connectivity index (χ0n) is 13.8. The van der Waals surface area contributed by atoms with Gasteiger partial charge in [-0.25, -0.2) is 4.79 Å². The first kappa shape index (κ1) is 17.5. The summed E-state index contributed by atoms with van der Waals surface area (Å²) in [7, 11) is 0. The molecule has 0 bridgehead atoms. The Kier molecular flexibility index (Phi) is 5.78. The molecule has 0 aromatic heterocycles. The van der Waals surface area contributed by atoms with Gasteiger partial charge in [0.1, 0.15) is 5.60 Å². The Balaban J connectivity index is 2.61. The van der Waals surface area contributed by atoms with Gasteiger partial charge in [0.2, 0.25) is 0 Å². The number of aryl methyl sites for hydroxylation is 2. The Bertz CT molecular complexity index is 480. The highest BCUT2D eigenvalue weighted by atomic mass is 16.6. The highest BCUT2D eigenvalue weighted by molar-refractivity contribution is 5.68. The molecule has 0 saturated heterocycles. The van der Waals surface area contributed by atoms with E-state index in [9.17, 15) is 4.79 Å². The number of hydrogen-bond donors (Lipinski definition) is 2. The summed E-state index contributed by atoms with van der Waals surface area (Å²) in [4.78, 5) is 11.9. The summed E-state index contributed by atoms with van der Waals surface area (Å²) < 4.78 is 5.30. The SMILES string of the molecule is Cc1cccc(CCC(C)(CN)NC(=O)OC(C)(C)C)c1. The molecule has 0 spiro atoms. The van der Waals surface area contributed by atoms with Crippen LogP contribution in [-0.4, -0.2) is 23.8 Å². The van der Waals surface area contributed by atoms with E-state index in [0.29, 0.717) is 6.54 Å². The number of alkyl carbamates (subject to hydrolysis) is 1. The Morgan fingerprint density at radius 3 is 2.48 bits per heavy atom. The van der Waals surface area contributed by atoms with Gasteiger partial charge >= 0.3 is 6.09 Å². The quantitative estimate of drug-likeness (QED) is 0.876. The largest absolute Gasteiger partial charge is 0.444 e. The van der Waals surface area contributed by atoms with Crippen LogP contribution in [0, 0.1) is 6.92 Å². The van der Waals surface area contributed by atoms with E-state index in [0.717, 1.165) is 12.8 Å². The molecular weight excluding hydrogens is 264 g/mol. The molecule has 21 heavy (non-hydrogen) atoms. The van der Waals surface area contributed by atoms with Crippen molar-refractivity contribution in [1.82, 2.24) is 5.32 Å². The fraction of sp³-hybridized carbons (Fsp3) is 0.588. The van der Waals surface area contributed by atoms with Crippen LogP contribution in [-0.2, 0) is 11.2 Å². The number of carbonyl (C=O) groups excluding carboxylic acids is 1. The molecule has 0 heterocycles. The zero-order chi connectivity index (χ0) is 16.1. The molecule has 0 saturated carbocycles. The minimum Gasteiger partial charge on any atom is -0.444 e. The topological polar surface area (TPSA) is 64.3 Å². The fourth-order valence-corrected chi connectivity index (χ4v) is 2.05. The molecule has 1 aromatic rings. The fourth-order valence-electron chi connectivity index (χ4n) is 2.05. The van der Waals surface area contributed by atoms with Gasteiger partial charge in [0.25, 0.3) is 0 Å². The van der Waals surface area contributed by atoms with Crippen LogP contribution in [0.5, 0.6) is 0 Å². The normalized spacial score (nSPS) is 14.4. The lowest BCUT2D eigenvalue weighted by atomic mass is 9.93. The van der Waals surface area contributed by atoms with Crippen molar-refractivity contribution < 1.29 is 9.53 Å². The van der Waals surface area contributed by atoms with Gasteiger partial charge in [-0.15, -0.1) is 0 Å². The van der Waals surface area contributed by atoms with Crippen LogP contribution < -0.4 is 11.1 Å². The van der Waals surface area contributed by atoms with E-state index in [1.807, 2.05) is 33.8 Å². The summed E-state index contributed by atoms with van der Waals surface area (Å²) in [5, 5.41) is 2.90. The summed E-state index contributed by atoms with van der Waals surface area (Å²) in [5.41, 5.74) is 7.36. The molecule has 1 amide bonds. The number of hydrogen-bond acceptors (Lipinski definition) is 3. The summed E-state index contributed by atoms with van der Waals surface area (Å²) in [6.45, 7) is 9.94. The maximum absolute atomic E-state index is 11.9. The van der Waals surface area contributed by atoms with Crippen molar-refractivity contribution in [3.8, 4) is 0 Å². The Hall–Kier alpha value is -1.55. The van der Waals surface area contributed by atoms with Crippen molar-refractivity contribution in [2.45, 2.75) is 58.6 Å². The van der Waals surface area contributed by atoms with Gasteiger partial charge < -0.3 is 15.8 Å². The minimum absolute atomic E-state index is 0.373. The van der Waals surface area contributed by atoms with Crippen LogP contribution in [0.4, 0.5) is 4.79 Å². The maximum atomic E-state index is 11.9. The first-order chi connectivity index (χ1) is 9.63. The number of ether oxygens (including phenoxy) is 1. The third kappa shape index (κ3) is 6.63. The molecule has 1 aromatic carbocycles. The van der Waals surface area contributed by atoms with Crippen molar-refractivity contribution in [1.29, 1.82) is 0 Å². The third-order valence-electron chi connectivity index (χ3n) is 3.30.